The number of hydrogen-bond donors (Lipinski definition) is 1. The van der Waals surface area contributed by atoms with Crippen LogP contribution in [0.4, 0.5) is 4.79 Å². The zero-order chi connectivity index (χ0) is 10.4. The average Bonchev–Trinajstić information content (AvgIpc) is 2.30. The van der Waals surface area contributed by atoms with E-state index in [0.29, 0.717) is 6.61 Å². The van der Waals surface area contributed by atoms with Crippen molar-refractivity contribution >= 4 is 6.09 Å². The normalized spacial score (nSPS) is 15.3. The summed E-state index contributed by atoms with van der Waals surface area (Å²) in [5, 5.41) is 2.66. The van der Waals surface area contributed by atoms with Gasteiger partial charge in [0.05, 0.1) is 6.61 Å². The Labute approximate surface area is 84.1 Å². The summed E-state index contributed by atoms with van der Waals surface area (Å²) >= 11 is 0. The van der Waals surface area contributed by atoms with Crippen LogP contribution in [0.25, 0.3) is 0 Å². The summed E-state index contributed by atoms with van der Waals surface area (Å²) in [4.78, 5) is 11.1. The lowest BCUT2D eigenvalue weighted by molar-refractivity contribution is 0.155. The largest absolute Gasteiger partial charge is 0.450 e. The van der Waals surface area contributed by atoms with Crippen LogP contribution in [0.3, 0.4) is 0 Å². The highest BCUT2D eigenvalue weighted by Gasteiger charge is 2.02. The van der Waals surface area contributed by atoms with Gasteiger partial charge < -0.3 is 4.74 Å². The summed E-state index contributed by atoms with van der Waals surface area (Å²) in [6.45, 7) is 4.17. The smallest absolute Gasteiger partial charge is 0.411 e. The van der Waals surface area contributed by atoms with Gasteiger partial charge in [-0.05, 0) is 32.4 Å². The molecule has 0 saturated carbocycles. The third-order valence-electron chi connectivity index (χ3n) is 1.78. The Morgan fingerprint density at radius 3 is 3.14 bits per heavy atom. The molecule has 1 rings (SSSR count). The minimum absolute atomic E-state index is 0.387. The summed E-state index contributed by atoms with van der Waals surface area (Å²) in [6, 6.07) is 0. The van der Waals surface area contributed by atoms with Crippen molar-refractivity contribution < 1.29 is 9.53 Å². The Hall–Kier alpha value is -1.51. The van der Waals surface area contributed by atoms with E-state index in [0.717, 1.165) is 17.7 Å². The molecule has 0 atom stereocenters. The van der Waals surface area contributed by atoms with Crippen LogP contribution in [0.15, 0.2) is 35.6 Å². The molecule has 0 unspecified atom stereocenters. The number of amides is 1. The van der Waals surface area contributed by atoms with Crippen molar-refractivity contribution in [2.75, 3.05) is 6.61 Å². The summed E-state index contributed by atoms with van der Waals surface area (Å²) in [7, 11) is 0. The maximum atomic E-state index is 11.1. The minimum atomic E-state index is -0.405. The number of carbonyl (C=O) groups excluding carboxylic acids is 1. The highest BCUT2D eigenvalue weighted by Crippen LogP contribution is 2.08. The van der Waals surface area contributed by atoms with E-state index in [1.165, 1.54) is 0 Å². The number of rotatable bonds is 2. The van der Waals surface area contributed by atoms with Crippen LogP contribution in [-0.4, -0.2) is 12.7 Å². The summed E-state index contributed by atoms with van der Waals surface area (Å²) in [5.41, 5.74) is 1.91. The Bertz CT molecular complexity index is 300. The average molecular weight is 193 g/mol. The molecule has 1 aliphatic rings. The third kappa shape index (κ3) is 3.47. The van der Waals surface area contributed by atoms with E-state index in [1.807, 2.05) is 25.2 Å². The van der Waals surface area contributed by atoms with Gasteiger partial charge in [-0.15, -0.1) is 0 Å². The van der Waals surface area contributed by atoms with Gasteiger partial charge >= 0.3 is 6.09 Å². The zero-order valence-electron chi connectivity index (χ0n) is 8.54. The summed E-state index contributed by atoms with van der Waals surface area (Å²) in [5.74, 6) is 0. The molecule has 0 bridgehead atoms. The molecule has 0 aromatic carbocycles. The molecule has 14 heavy (non-hydrogen) atoms. The van der Waals surface area contributed by atoms with Gasteiger partial charge in [-0.2, -0.15) is 0 Å². The fraction of sp³-hybridized carbons (Fsp3) is 0.364. The highest BCUT2D eigenvalue weighted by molar-refractivity contribution is 5.70. The van der Waals surface area contributed by atoms with Gasteiger partial charge in [0.15, 0.2) is 0 Å². The predicted molar refractivity (Wildman–Crippen MR) is 55.8 cm³/mol. The zero-order valence-corrected chi connectivity index (χ0v) is 8.54. The predicted octanol–water partition coefficient (Wildman–Crippen LogP) is 2.52. The van der Waals surface area contributed by atoms with Crippen LogP contribution in [0.5, 0.6) is 0 Å². The van der Waals surface area contributed by atoms with Crippen LogP contribution in [0, 0.1) is 0 Å². The number of ether oxygens (including phenoxy) is 1. The fourth-order valence-electron chi connectivity index (χ4n) is 1.16. The Morgan fingerprint density at radius 2 is 2.43 bits per heavy atom. The third-order valence-corrected chi connectivity index (χ3v) is 1.78. The molecule has 0 aromatic heterocycles. The van der Waals surface area contributed by atoms with Gasteiger partial charge in [0, 0.05) is 5.70 Å². The van der Waals surface area contributed by atoms with Crippen molar-refractivity contribution in [3.05, 3.63) is 35.6 Å². The molecule has 3 heteroatoms. The van der Waals surface area contributed by atoms with Crippen molar-refractivity contribution in [3.63, 3.8) is 0 Å². The molecule has 1 aliphatic carbocycles. The molecule has 0 fully saturated rings. The molecule has 0 spiro atoms. The van der Waals surface area contributed by atoms with Crippen LogP contribution < -0.4 is 5.32 Å². The first kappa shape index (κ1) is 10.6. The highest BCUT2D eigenvalue weighted by atomic mass is 16.5. The molecular formula is C11H15NO2. The minimum Gasteiger partial charge on any atom is -0.450 e. The van der Waals surface area contributed by atoms with E-state index < -0.39 is 6.09 Å². The summed E-state index contributed by atoms with van der Waals surface area (Å²) in [6.07, 6.45) is 8.38. The van der Waals surface area contributed by atoms with Crippen LogP contribution in [-0.2, 0) is 4.74 Å². The van der Waals surface area contributed by atoms with E-state index in [2.05, 4.69) is 11.4 Å². The van der Waals surface area contributed by atoms with Crippen molar-refractivity contribution in [1.82, 2.24) is 5.32 Å². The number of carbonyl (C=O) groups is 1. The summed E-state index contributed by atoms with van der Waals surface area (Å²) < 4.78 is 4.78. The van der Waals surface area contributed by atoms with Gasteiger partial charge in [-0.25, -0.2) is 4.79 Å². The topological polar surface area (TPSA) is 38.3 Å². The second-order valence-electron chi connectivity index (χ2n) is 3.03. The first-order valence-electron chi connectivity index (χ1n) is 4.71. The van der Waals surface area contributed by atoms with E-state index in [-0.39, 0.29) is 0 Å². The lowest BCUT2D eigenvalue weighted by Gasteiger charge is -2.05. The molecule has 0 saturated heterocycles. The molecule has 3 nitrogen and oxygen atoms in total. The molecule has 0 aliphatic heterocycles. The molecule has 1 amide bonds. The van der Waals surface area contributed by atoms with Gasteiger partial charge in [0.25, 0.3) is 0 Å². The number of hydrogen-bond acceptors (Lipinski definition) is 2. The Morgan fingerprint density at radius 1 is 1.64 bits per heavy atom. The SMILES string of the molecule is CCOC(=O)NC1=CC(C)=CCC=C1. The second kappa shape index (κ2) is 5.27. The van der Waals surface area contributed by atoms with Crippen LogP contribution >= 0.6 is 0 Å². The first-order chi connectivity index (χ1) is 6.72. The standard InChI is InChI=1S/C11H15NO2/c1-3-14-11(13)12-10-7-5-4-6-9(2)8-10/h5-8H,3-4H2,1-2H3,(H,12,13). The molecule has 0 aromatic rings. The monoisotopic (exact) mass is 193 g/mol. The Balaban J connectivity index is 2.59. The Kier molecular flexibility index (Phi) is 3.98. The first-order valence-corrected chi connectivity index (χ1v) is 4.71. The quantitative estimate of drug-likeness (QED) is 0.731. The molecule has 1 N–H and O–H groups in total. The van der Waals surface area contributed by atoms with Gasteiger partial charge in [0.2, 0.25) is 0 Å². The number of nitrogens with one attached hydrogen (secondary N) is 1. The molecule has 0 heterocycles. The van der Waals surface area contributed by atoms with Gasteiger partial charge in [0.1, 0.15) is 0 Å². The lowest BCUT2D eigenvalue weighted by atomic mass is 10.2. The van der Waals surface area contributed by atoms with Crippen molar-refractivity contribution in [1.29, 1.82) is 0 Å². The van der Waals surface area contributed by atoms with Crippen molar-refractivity contribution in [2.45, 2.75) is 20.3 Å². The molecule has 0 radical (unpaired) electrons. The van der Waals surface area contributed by atoms with E-state index in [9.17, 15) is 4.79 Å². The second-order valence-corrected chi connectivity index (χ2v) is 3.03. The number of alkyl carbamates (subject to hydrolysis) is 1. The fourth-order valence-corrected chi connectivity index (χ4v) is 1.16. The maximum absolute atomic E-state index is 11.1. The molecular weight excluding hydrogens is 178 g/mol. The number of allylic oxidation sites excluding steroid dienone is 5. The van der Waals surface area contributed by atoms with Crippen molar-refractivity contribution in [3.8, 4) is 0 Å². The maximum Gasteiger partial charge on any atom is 0.411 e. The van der Waals surface area contributed by atoms with Crippen LogP contribution in [0.1, 0.15) is 20.3 Å². The van der Waals surface area contributed by atoms with Gasteiger partial charge in [-0.1, -0.05) is 17.7 Å². The molecule has 76 valence electrons. The van der Waals surface area contributed by atoms with Gasteiger partial charge in [-0.3, -0.25) is 5.32 Å². The van der Waals surface area contributed by atoms with E-state index in [4.69, 9.17) is 4.74 Å². The van der Waals surface area contributed by atoms with Crippen LogP contribution in [0.2, 0.25) is 0 Å². The van der Waals surface area contributed by atoms with Crippen molar-refractivity contribution in [2.24, 2.45) is 0 Å². The lowest BCUT2D eigenvalue weighted by Crippen LogP contribution is -2.22. The van der Waals surface area contributed by atoms with E-state index in [1.54, 1.807) is 6.92 Å². The van der Waals surface area contributed by atoms with E-state index >= 15 is 0 Å².